The van der Waals surface area contributed by atoms with Gasteiger partial charge in [-0.3, -0.25) is 0 Å². The molecular formula is C18H22N2S. The lowest BCUT2D eigenvalue weighted by Gasteiger charge is -2.17. The minimum absolute atomic E-state index is 0.181. The van der Waals surface area contributed by atoms with E-state index in [1.54, 1.807) is 0 Å². The topological polar surface area (TPSA) is 24.1 Å². The highest BCUT2D eigenvalue weighted by Crippen LogP contribution is 2.14. The molecule has 21 heavy (non-hydrogen) atoms. The molecule has 3 heteroatoms. The first-order chi connectivity index (χ1) is 10.1. The van der Waals surface area contributed by atoms with Crippen molar-refractivity contribution in [3.05, 3.63) is 65.2 Å². The predicted octanol–water partition coefficient (Wildman–Crippen LogP) is 4.61. The Labute approximate surface area is 132 Å². The van der Waals surface area contributed by atoms with E-state index in [1.165, 1.54) is 16.7 Å². The highest BCUT2D eigenvalue weighted by molar-refractivity contribution is 7.80. The number of thiocarbonyl (C=S) groups is 1. The number of anilines is 1. The number of benzene rings is 2. The summed E-state index contributed by atoms with van der Waals surface area (Å²) in [5.41, 5.74) is 4.84. The Morgan fingerprint density at radius 1 is 1.05 bits per heavy atom. The molecular weight excluding hydrogens is 276 g/mol. The molecule has 0 radical (unpaired) electrons. The van der Waals surface area contributed by atoms with Crippen LogP contribution in [0, 0.1) is 6.92 Å². The molecule has 0 aliphatic carbocycles. The molecule has 0 aliphatic rings. The number of hydrogen-bond donors (Lipinski definition) is 2. The number of hydrogen-bond acceptors (Lipinski definition) is 1. The quantitative estimate of drug-likeness (QED) is 0.806. The number of rotatable bonds is 4. The summed E-state index contributed by atoms with van der Waals surface area (Å²) in [4.78, 5) is 0. The summed E-state index contributed by atoms with van der Waals surface area (Å²) in [5, 5.41) is 7.18. The summed E-state index contributed by atoms with van der Waals surface area (Å²) in [7, 11) is 0. The van der Waals surface area contributed by atoms with Crippen LogP contribution in [0.1, 0.15) is 36.6 Å². The minimum atomic E-state index is 0.181. The molecule has 1 atom stereocenters. The molecule has 110 valence electrons. The largest absolute Gasteiger partial charge is 0.356 e. The zero-order valence-electron chi connectivity index (χ0n) is 12.8. The lowest BCUT2D eigenvalue weighted by Crippen LogP contribution is -2.30. The van der Waals surface area contributed by atoms with Gasteiger partial charge in [-0.25, -0.2) is 0 Å². The van der Waals surface area contributed by atoms with Gasteiger partial charge in [0.25, 0.3) is 0 Å². The van der Waals surface area contributed by atoms with Gasteiger partial charge < -0.3 is 10.6 Å². The van der Waals surface area contributed by atoms with Gasteiger partial charge >= 0.3 is 0 Å². The number of nitrogens with one attached hydrogen (secondary N) is 2. The van der Waals surface area contributed by atoms with Crippen LogP contribution in [0.25, 0.3) is 0 Å². The Hall–Kier alpha value is -1.87. The van der Waals surface area contributed by atoms with E-state index in [0.29, 0.717) is 5.11 Å². The molecule has 2 aromatic rings. The van der Waals surface area contributed by atoms with Gasteiger partial charge in [-0.1, -0.05) is 48.9 Å². The normalized spacial score (nSPS) is 11.8. The molecule has 0 unspecified atom stereocenters. The van der Waals surface area contributed by atoms with Crippen molar-refractivity contribution in [3.8, 4) is 0 Å². The van der Waals surface area contributed by atoms with Gasteiger partial charge in [0, 0.05) is 5.69 Å². The van der Waals surface area contributed by atoms with E-state index >= 15 is 0 Å². The summed E-state index contributed by atoms with van der Waals surface area (Å²) in [6.07, 6.45) is 1.05. The lowest BCUT2D eigenvalue weighted by molar-refractivity contribution is 0.722. The van der Waals surface area contributed by atoms with Crippen LogP contribution in [0.5, 0.6) is 0 Å². The van der Waals surface area contributed by atoms with E-state index in [4.69, 9.17) is 12.2 Å². The first-order valence-electron chi connectivity index (χ1n) is 7.31. The molecule has 0 fully saturated rings. The zero-order chi connectivity index (χ0) is 15.2. The standard InChI is InChI=1S/C18H22N2S/c1-4-15-7-11-17(12-8-15)20-18(21)19-14(3)16-9-5-13(2)6-10-16/h5-12,14H,4H2,1-3H3,(H2,19,20,21)/t14-/m0/s1. The molecule has 0 heterocycles. The Kier molecular flexibility index (Phi) is 5.34. The van der Waals surface area contributed by atoms with Gasteiger partial charge in [-0.2, -0.15) is 0 Å². The van der Waals surface area contributed by atoms with Crippen molar-refractivity contribution in [3.63, 3.8) is 0 Å². The predicted molar refractivity (Wildman–Crippen MR) is 94.8 cm³/mol. The summed E-state index contributed by atoms with van der Waals surface area (Å²) < 4.78 is 0. The van der Waals surface area contributed by atoms with Gasteiger partial charge in [-0.15, -0.1) is 0 Å². The van der Waals surface area contributed by atoms with Crippen LogP contribution in [0.3, 0.4) is 0 Å². The highest BCUT2D eigenvalue weighted by Gasteiger charge is 2.06. The molecule has 2 N–H and O–H groups in total. The second-order valence-electron chi connectivity index (χ2n) is 5.28. The van der Waals surface area contributed by atoms with Crippen molar-refractivity contribution in [1.29, 1.82) is 0 Å². The van der Waals surface area contributed by atoms with Gasteiger partial charge in [0.2, 0.25) is 0 Å². The minimum Gasteiger partial charge on any atom is -0.356 e. The molecule has 2 rings (SSSR count). The van der Waals surface area contributed by atoms with Crippen LogP contribution in [-0.4, -0.2) is 5.11 Å². The maximum Gasteiger partial charge on any atom is 0.171 e. The van der Waals surface area contributed by atoms with Crippen molar-refractivity contribution in [2.75, 3.05) is 5.32 Å². The first kappa shape index (κ1) is 15.5. The molecule has 0 saturated carbocycles. The Morgan fingerprint density at radius 3 is 2.24 bits per heavy atom. The average Bonchev–Trinajstić information content (AvgIpc) is 2.48. The van der Waals surface area contributed by atoms with Crippen LogP contribution < -0.4 is 10.6 Å². The third-order valence-electron chi connectivity index (χ3n) is 3.55. The molecule has 0 aromatic heterocycles. The second kappa shape index (κ2) is 7.23. The molecule has 2 nitrogen and oxygen atoms in total. The summed E-state index contributed by atoms with van der Waals surface area (Å²) in [6, 6.07) is 17.0. The van der Waals surface area contributed by atoms with E-state index in [2.05, 4.69) is 79.9 Å². The summed E-state index contributed by atoms with van der Waals surface area (Å²) in [6.45, 7) is 6.35. The monoisotopic (exact) mass is 298 g/mol. The fourth-order valence-electron chi connectivity index (χ4n) is 2.13. The third-order valence-corrected chi connectivity index (χ3v) is 3.76. The van der Waals surface area contributed by atoms with Crippen molar-refractivity contribution in [1.82, 2.24) is 5.32 Å². The molecule has 2 aromatic carbocycles. The van der Waals surface area contributed by atoms with Gasteiger partial charge in [-0.05, 0) is 55.7 Å². The fraction of sp³-hybridized carbons (Fsp3) is 0.278. The smallest absolute Gasteiger partial charge is 0.171 e. The molecule has 0 spiro atoms. The van der Waals surface area contributed by atoms with Crippen LogP contribution in [-0.2, 0) is 6.42 Å². The Morgan fingerprint density at radius 2 is 1.67 bits per heavy atom. The van der Waals surface area contributed by atoms with Crippen molar-refractivity contribution >= 4 is 23.0 Å². The van der Waals surface area contributed by atoms with E-state index in [-0.39, 0.29) is 6.04 Å². The Bertz CT molecular complexity index is 588. The second-order valence-corrected chi connectivity index (χ2v) is 5.69. The highest BCUT2D eigenvalue weighted by atomic mass is 32.1. The average molecular weight is 298 g/mol. The fourth-order valence-corrected chi connectivity index (χ4v) is 2.42. The van der Waals surface area contributed by atoms with Crippen molar-refractivity contribution in [2.45, 2.75) is 33.2 Å². The first-order valence-corrected chi connectivity index (χ1v) is 7.72. The van der Waals surface area contributed by atoms with Crippen LogP contribution >= 0.6 is 12.2 Å². The van der Waals surface area contributed by atoms with E-state index < -0.39 is 0 Å². The molecule has 0 amide bonds. The lowest BCUT2D eigenvalue weighted by atomic mass is 10.1. The Balaban J connectivity index is 1.92. The maximum absolute atomic E-state index is 5.38. The molecule has 0 saturated heterocycles. The van der Waals surface area contributed by atoms with E-state index in [0.717, 1.165) is 12.1 Å². The van der Waals surface area contributed by atoms with Gasteiger partial charge in [0.15, 0.2) is 5.11 Å². The van der Waals surface area contributed by atoms with Crippen molar-refractivity contribution in [2.24, 2.45) is 0 Å². The molecule has 0 aliphatic heterocycles. The van der Waals surface area contributed by atoms with Crippen LogP contribution in [0.15, 0.2) is 48.5 Å². The van der Waals surface area contributed by atoms with Gasteiger partial charge in [0.05, 0.1) is 6.04 Å². The number of aryl methyl sites for hydroxylation is 2. The van der Waals surface area contributed by atoms with Gasteiger partial charge in [0.1, 0.15) is 0 Å². The maximum atomic E-state index is 5.38. The van der Waals surface area contributed by atoms with Crippen molar-refractivity contribution < 1.29 is 0 Å². The molecule has 0 bridgehead atoms. The van der Waals surface area contributed by atoms with E-state index in [9.17, 15) is 0 Å². The summed E-state index contributed by atoms with van der Waals surface area (Å²) in [5.74, 6) is 0. The summed E-state index contributed by atoms with van der Waals surface area (Å²) >= 11 is 5.38. The van der Waals surface area contributed by atoms with Crippen LogP contribution in [0.2, 0.25) is 0 Å². The van der Waals surface area contributed by atoms with Crippen LogP contribution in [0.4, 0.5) is 5.69 Å². The van der Waals surface area contributed by atoms with E-state index in [1.807, 2.05) is 0 Å². The SMILES string of the molecule is CCc1ccc(NC(=S)N[C@@H](C)c2ccc(C)cc2)cc1. The zero-order valence-corrected chi connectivity index (χ0v) is 13.6. The third kappa shape index (κ3) is 4.57.